The highest BCUT2D eigenvalue weighted by atomic mass is 16.2. The number of carbonyl (C=O) groups is 2. The molecule has 1 amide bonds. The third kappa shape index (κ3) is 3.69. The highest BCUT2D eigenvalue weighted by molar-refractivity contribution is 5.89. The van der Waals surface area contributed by atoms with E-state index in [0.29, 0.717) is 12.3 Å². The Morgan fingerprint density at radius 3 is 2.67 bits per heavy atom. The van der Waals surface area contributed by atoms with Gasteiger partial charge in [-0.1, -0.05) is 30.3 Å². The van der Waals surface area contributed by atoms with Gasteiger partial charge in [0.25, 0.3) is 0 Å². The van der Waals surface area contributed by atoms with Crippen LogP contribution in [0, 0.1) is 11.8 Å². The number of ketones is 1. The van der Waals surface area contributed by atoms with E-state index in [-0.39, 0.29) is 23.7 Å². The lowest BCUT2D eigenvalue weighted by atomic mass is 9.81. The van der Waals surface area contributed by atoms with Gasteiger partial charge in [-0.15, -0.1) is 0 Å². The zero-order valence-electron chi connectivity index (χ0n) is 14.8. The third-order valence-corrected chi connectivity index (χ3v) is 5.65. The molecule has 2 aliphatic heterocycles. The van der Waals surface area contributed by atoms with Crippen LogP contribution in [0.1, 0.15) is 31.7 Å². The van der Waals surface area contributed by atoms with E-state index in [4.69, 9.17) is 0 Å². The number of amides is 1. The molecule has 0 spiro atoms. The average Bonchev–Trinajstić information content (AvgIpc) is 2.76. The lowest BCUT2D eigenvalue weighted by molar-refractivity contribution is -0.148. The van der Waals surface area contributed by atoms with E-state index in [1.807, 2.05) is 35.2 Å². The number of hydrogen-bond acceptors (Lipinski definition) is 3. The maximum Gasteiger partial charge on any atom is 0.227 e. The van der Waals surface area contributed by atoms with Crippen LogP contribution in [0.4, 0.5) is 0 Å². The molecular formula is C20H28N2O2. The molecule has 130 valence electrons. The summed E-state index contributed by atoms with van der Waals surface area (Å²) in [6.45, 7) is 4.24. The van der Waals surface area contributed by atoms with Crippen LogP contribution >= 0.6 is 0 Å². The molecule has 3 atom stereocenters. The van der Waals surface area contributed by atoms with E-state index in [2.05, 4.69) is 11.9 Å². The van der Waals surface area contributed by atoms with Gasteiger partial charge in [0.05, 0.1) is 12.0 Å². The molecule has 0 N–H and O–H groups in total. The molecule has 0 radical (unpaired) electrons. The highest BCUT2D eigenvalue weighted by Gasteiger charge is 2.41. The van der Waals surface area contributed by atoms with Crippen molar-refractivity contribution in [1.29, 1.82) is 0 Å². The molecule has 0 aliphatic carbocycles. The fourth-order valence-corrected chi connectivity index (χ4v) is 4.27. The van der Waals surface area contributed by atoms with E-state index >= 15 is 0 Å². The van der Waals surface area contributed by atoms with Crippen molar-refractivity contribution in [3.05, 3.63) is 35.9 Å². The Morgan fingerprint density at radius 2 is 1.96 bits per heavy atom. The van der Waals surface area contributed by atoms with Gasteiger partial charge >= 0.3 is 0 Å². The zero-order chi connectivity index (χ0) is 17.1. The van der Waals surface area contributed by atoms with Crippen molar-refractivity contribution >= 4 is 11.7 Å². The molecule has 3 rings (SSSR count). The molecule has 0 aromatic heterocycles. The van der Waals surface area contributed by atoms with Crippen LogP contribution in [-0.4, -0.2) is 54.2 Å². The molecule has 24 heavy (non-hydrogen) atoms. The number of nitrogens with zero attached hydrogens (tertiary/aromatic N) is 2. The van der Waals surface area contributed by atoms with Crippen LogP contribution in [0.2, 0.25) is 0 Å². The van der Waals surface area contributed by atoms with Crippen molar-refractivity contribution < 1.29 is 9.59 Å². The average molecular weight is 328 g/mol. The molecular weight excluding hydrogens is 300 g/mol. The van der Waals surface area contributed by atoms with Gasteiger partial charge in [0.2, 0.25) is 5.91 Å². The standard InChI is InChI=1S/C20H28N2O2/c1-15(23)19(13-16-7-4-3-5-8-16)22-12-10-17-9-6-11-21(2)14-18(17)20(22)24/h3-5,7-8,17-19H,6,9-14H2,1-2H3/t17?,18-,19+/m1/s1. The first-order valence-electron chi connectivity index (χ1n) is 9.09. The van der Waals surface area contributed by atoms with Gasteiger partial charge in [-0.05, 0) is 57.7 Å². The molecule has 2 fully saturated rings. The van der Waals surface area contributed by atoms with Crippen molar-refractivity contribution in [3.63, 3.8) is 0 Å². The smallest absolute Gasteiger partial charge is 0.227 e. The Hall–Kier alpha value is -1.68. The summed E-state index contributed by atoms with van der Waals surface area (Å²) in [7, 11) is 2.10. The monoisotopic (exact) mass is 328 g/mol. The van der Waals surface area contributed by atoms with E-state index in [1.54, 1.807) is 6.92 Å². The predicted molar refractivity (Wildman–Crippen MR) is 94.7 cm³/mol. The summed E-state index contributed by atoms with van der Waals surface area (Å²) < 4.78 is 0. The van der Waals surface area contributed by atoms with Gasteiger partial charge in [0, 0.05) is 13.1 Å². The summed E-state index contributed by atoms with van der Waals surface area (Å²) in [4.78, 5) is 29.6. The Bertz CT molecular complexity index is 587. The second-order valence-electron chi connectivity index (χ2n) is 7.41. The minimum Gasteiger partial charge on any atom is -0.332 e. The van der Waals surface area contributed by atoms with Gasteiger partial charge in [-0.3, -0.25) is 9.59 Å². The van der Waals surface area contributed by atoms with E-state index < -0.39 is 0 Å². The SMILES string of the molecule is CC(=O)[C@H](Cc1ccccc1)N1CCC2CCCN(C)C[C@H]2C1=O. The van der Waals surface area contributed by atoms with Crippen LogP contribution in [0.5, 0.6) is 0 Å². The molecule has 1 aromatic carbocycles. The predicted octanol–water partition coefficient (Wildman–Crippen LogP) is 2.38. The number of fused-ring (bicyclic) bond motifs is 1. The minimum atomic E-state index is -0.325. The minimum absolute atomic E-state index is 0.0591. The summed E-state index contributed by atoms with van der Waals surface area (Å²) in [5, 5.41) is 0. The summed E-state index contributed by atoms with van der Waals surface area (Å²) in [6.07, 6.45) is 3.96. The van der Waals surface area contributed by atoms with Gasteiger partial charge < -0.3 is 9.80 Å². The molecule has 2 aliphatic rings. The molecule has 0 saturated carbocycles. The maximum absolute atomic E-state index is 13.1. The van der Waals surface area contributed by atoms with Crippen molar-refractivity contribution in [3.8, 4) is 0 Å². The van der Waals surface area contributed by atoms with Crippen LogP contribution in [0.25, 0.3) is 0 Å². The normalized spacial score (nSPS) is 26.6. The van der Waals surface area contributed by atoms with Gasteiger partial charge in [-0.25, -0.2) is 0 Å². The van der Waals surface area contributed by atoms with Crippen molar-refractivity contribution in [2.24, 2.45) is 11.8 Å². The van der Waals surface area contributed by atoms with Crippen molar-refractivity contribution in [2.75, 3.05) is 26.7 Å². The van der Waals surface area contributed by atoms with Crippen molar-refractivity contribution in [1.82, 2.24) is 9.80 Å². The number of hydrogen-bond donors (Lipinski definition) is 0. The van der Waals surface area contributed by atoms with Crippen LogP contribution in [0.15, 0.2) is 30.3 Å². The fraction of sp³-hybridized carbons (Fsp3) is 0.600. The number of carbonyl (C=O) groups excluding carboxylic acids is 2. The van der Waals surface area contributed by atoms with E-state index in [1.165, 1.54) is 6.42 Å². The van der Waals surface area contributed by atoms with Crippen LogP contribution in [-0.2, 0) is 16.0 Å². The lowest BCUT2D eigenvalue weighted by Gasteiger charge is -2.41. The molecule has 1 unspecified atom stereocenters. The molecule has 0 bridgehead atoms. The first kappa shape index (κ1) is 17.2. The van der Waals surface area contributed by atoms with Crippen molar-refractivity contribution in [2.45, 2.75) is 38.6 Å². The Morgan fingerprint density at radius 1 is 1.21 bits per heavy atom. The second kappa shape index (κ2) is 7.47. The summed E-state index contributed by atoms with van der Waals surface area (Å²) in [6, 6.07) is 9.69. The zero-order valence-corrected chi connectivity index (χ0v) is 14.8. The lowest BCUT2D eigenvalue weighted by Crippen LogP contribution is -2.54. The summed E-state index contributed by atoms with van der Waals surface area (Å²) in [5.41, 5.74) is 1.12. The Balaban J connectivity index is 1.78. The number of rotatable bonds is 4. The maximum atomic E-state index is 13.1. The topological polar surface area (TPSA) is 40.6 Å². The number of likely N-dealkylation sites (tertiary alicyclic amines) is 2. The Kier molecular flexibility index (Phi) is 5.34. The molecule has 4 heteroatoms. The largest absolute Gasteiger partial charge is 0.332 e. The van der Waals surface area contributed by atoms with E-state index in [0.717, 1.165) is 38.0 Å². The van der Waals surface area contributed by atoms with Crippen LogP contribution in [0.3, 0.4) is 0 Å². The number of piperidine rings is 1. The quantitative estimate of drug-likeness (QED) is 0.852. The van der Waals surface area contributed by atoms with Gasteiger partial charge in [0.15, 0.2) is 5.78 Å². The molecule has 4 nitrogen and oxygen atoms in total. The van der Waals surface area contributed by atoms with Crippen LogP contribution < -0.4 is 0 Å². The number of benzene rings is 1. The number of Topliss-reactive ketones (excluding diaryl/α,β-unsaturated/α-hetero) is 1. The van der Waals surface area contributed by atoms with E-state index in [9.17, 15) is 9.59 Å². The first-order valence-corrected chi connectivity index (χ1v) is 9.09. The molecule has 2 heterocycles. The third-order valence-electron chi connectivity index (χ3n) is 5.65. The summed E-state index contributed by atoms with van der Waals surface area (Å²) >= 11 is 0. The second-order valence-corrected chi connectivity index (χ2v) is 7.41. The fourth-order valence-electron chi connectivity index (χ4n) is 4.27. The molecule has 1 aromatic rings. The molecule has 2 saturated heterocycles. The Labute approximate surface area is 144 Å². The summed E-state index contributed by atoms with van der Waals surface area (Å²) in [5.74, 6) is 0.829. The highest BCUT2D eigenvalue weighted by Crippen LogP contribution is 2.33. The van der Waals surface area contributed by atoms with Gasteiger partial charge in [0.1, 0.15) is 0 Å². The first-order chi connectivity index (χ1) is 11.6. The van der Waals surface area contributed by atoms with Gasteiger partial charge in [-0.2, -0.15) is 0 Å².